The van der Waals surface area contributed by atoms with Gasteiger partial charge in [-0.15, -0.1) is 0 Å². The van der Waals surface area contributed by atoms with Gasteiger partial charge < -0.3 is 13.9 Å². The molecule has 0 spiro atoms. The van der Waals surface area contributed by atoms with Crippen molar-refractivity contribution in [3.05, 3.63) is 52.8 Å². The maximum absolute atomic E-state index is 6.01. The molecule has 0 aliphatic heterocycles. The molecule has 0 amide bonds. The number of benzene rings is 1. The van der Waals surface area contributed by atoms with Crippen LogP contribution in [0.1, 0.15) is 13.8 Å². The Kier molecular flexibility index (Phi) is 9.86. The Bertz CT molecular complexity index is 733. The van der Waals surface area contributed by atoms with E-state index in [1.165, 1.54) is 12.8 Å². The molecule has 0 aliphatic carbocycles. The molecule has 5 nitrogen and oxygen atoms in total. The lowest BCUT2D eigenvalue weighted by molar-refractivity contribution is 0.375. The van der Waals surface area contributed by atoms with Crippen molar-refractivity contribution in [3.63, 3.8) is 0 Å². The van der Waals surface area contributed by atoms with Gasteiger partial charge in [-0.2, -0.15) is 0 Å². The average Bonchev–Trinajstić information content (AvgIpc) is 2.58. The molecule has 26 heavy (non-hydrogen) atoms. The van der Waals surface area contributed by atoms with Crippen LogP contribution in [0.4, 0.5) is 5.69 Å². The lowest BCUT2D eigenvalue weighted by Crippen LogP contribution is -2.22. The maximum atomic E-state index is 6.01. The molecule has 1 unspecified atom stereocenters. The quantitative estimate of drug-likeness (QED) is 0.613. The Hall–Kier alpha value is -0.880. The lowest BCUT2D eigenvalue weighted by atomic mass is 10.3. The Morgan fingerprint density at radius 1 is 1.15 bits per heavy atom. The number of anilines is 1. The molecule has 1 aromatic heterocycles. The highest BCUT2D eigenvalue weighted by Gasteiger charge is 2.21. The fourth-order valence-corrected chi connectivity index (χ4v) is 4.41. The van der Waals surface area contributed by atoms with E-state index in [-0.39, 0.29) is 6.04 Å². The van der Waals surface area contributed by atoms with Crippen molar-refractivity contribution >= 4 is 47.3 Å². The second-order valence-corrected chi connectivity index (χ2v) is 9.82. The summed E-state index contributed by atoms with van der Waals surface area (Å²) in [7, 11) is 5.53. The van der Waals surface area contributed by atoms with Gasteiger partial charge in [-0.3, -0.25) is 4.98 Å². The van der Waals surface area contributed by atoms with E-state index in [1.54, 1.807) is 30.6 Å². The predicted molar refractivity (Wildman–Crippen MR) is 115 cm³/mol. The van der Waals surface area contributed by atoms with Gasteiger partial charge >= 0.3 is 6.64 Å². The summed E-state index contributed by atoms with van der Waals surface area (Å²) in [4.78, 5) is 5.94. The molecule has 144 valence electrons. The molecule has 2 aromatic rings. The van der Waals surface area contributed by atoms with Gasteiger partial charge in [0.05, 0.1) is 5.02 Å². The summed E-state index contributed by atoms with van der Waals surface area (Å²) < 4.78 is 10.9. The summed E-state index contributed by atoms with van der Waals surface area (Å²) in [6.45, 7) is 1.37. The molecule has 0 fully saturated rings. The van der Waals surface area contributed by atoms with E-state index in [1.807, 2.05) is 45.0 Å². The highest BCUT2D eigenvalue weighted by atomic mass is 35.5. The summed E-state index contributed by atoms with van der Waals surface area (Å²) in [5.41, 5.74) is 1.19. The zero-order chi connectivity index (χ0) is 19.7. The van der Waals surface area contributed by atoms with E-state index < -0.39 is 6.64 Å². The summed E-state index contributed by atoms with van der Waals surface area (Å²) in [6, 6.07) is 9.07. The predicted octanol–water partition coefficient (Wildman–Crippen LogP) is 5.39. The minimum absolute atomic E-state index is 0.159. The van der Waals surface area contributed by atoms with E-state index in [0.29, 0.717) is 15.8 Å². The molecule has 1 aromatic carbocycles. The molecule has 1 heterocycles. The number of rotatable bonds is 6. The number of nitrogens with one attached hydrogen (secondary N) is 1. The lowest BCUT2D eigenvalue weighted by Gasteiger charge is -2.24. The summed E-state index contributed by atoms with van der Waals surface area (Å²) in [5.74, 6) is 0.467. The Labute approximate surface area is 170 Å². The third-order valence-corrected chi connectivity index (χ3v) is 6.22. The molecule has 0 saturated carbocycles. The SMILES string of the molecule is CN(C)c1ccncc1.COP(=S)(NC(C)C)Oc1ccc(Cl)cc1Cl. The summed E-state index contributed by atoms with van der Waals surface area (Å²) in [5, 5.41) is 4.04. The zero-order valence-corrected chi connectivity index (χ0v) is 18.7. The van der Waals surface area contributed by atoms with E-state index >= 15 is 0 Å². The Balaban J connectivity index is 0.000000314. The van der Waals surface area contributed by atoms with Crippen LogP contribution < -0.4 is 14.5 Å². The molecule has 1 atom stereocenters. The second-order valence-electron chi connectivity index (χ2n) is 5.73. The van der Waals surface area contributed by atoms with E-state index in [0.717, 1.165) is 0 Å². The maximum Gasteiger partial charge on any atom is 0.312 e. The van der Waals surface area contributed by atoms with E-state index in [4.69, 9.17) is 44.1 Å². The van der Waals surface area contributed by atoms with Crippen molar-refractivity contribution in [2.24, 2.45) is 0 Å². The van der Waals surface area contributed by atoms with Gasteiger partial charge in [-0.05, 0) is 56.0 Å². The molecule has 0 saturated heterocycles. The van der Waals surface area contributed by atoms with Crippen LogP contribution in [0, 0.1) is 0 Å². The third-order valence-electron chi connectivity index (χ3n) is 2.95. The molecule has 0 bridgehead atoms. The average molecular weight is 436 g/mol. The van der Waals surface area contributed by atoms with Crippen molar-refractivity contribution in [3.8, 4) is 5.75 Å². The minimum Gasteiger partial charge on any atom is -0.431 e. The second kappa shape index (κ2) is 11.1. The van der Waals surface area contributed by atoms with Gasteiger partial charge in [0.25, 0.3) is 0 Å². The summed E-state index contributed by atoms with van der Waals surface area (Å²) >= 11 is 17.1. The van der Waals surface area contributed by atoms with Gasteiger partial charge in [0.15, 0.2) is 0 Å². The topological polar surface area (TPSA) is 46.6 Å². The number of aromatic nitrogens is 1. The molecule has 9 heteroatoms. The van der Waals surface area contributed by atoms with Gasteiger partial charge in [0.1, 0.15) is 5.75 Å². The van der Waals surface area contributed by atoms with Gasteiger partial charge in [-0.25, -0.2) is 5.09 Å². The number of halogens is 2. The first-order valence-corrected chi connectivity index (χ1v) is 11.2. The number of hydrogen-bond acceptors (Lipinski definition) is 5. The monoisotopic (exact) mass is 435 g/mol. The van der Waals surface area contributed by atoms with Crippen LogP contribution in [0.2, 0.25) is 10.0 Å². The van der Waals surface area contributed by atoms with Crippen molar-refractivity contribution in [1.82, 2.24) is 10.1 Å². The fourth-order valence-electron chi connectivity index (χ4n) is 1.75. The normalized spacial score (nSPS) is 12.8. The van der Waals surface area contributed by atoms with E-state index in [2.05, 4.69) is 10.1 Å². The van der Waals surface area contributed by atoms with Crippen LogP contribution in [0.15, 0.2) is 42.7 Å². The molecule has 1 N–H and O–H groups in total. The number of pyridine rings is 1. The summed E-state index contributed by atoms with van der Waals surface area (Å²) in [6.07, 6.45) is 3.57. The third kappa shape index (κ3) is 8.21. The highest BCUT2D eigenvalue weighted by molar-refractivity contribution is 8.09. The van der Waals surface area contributed by atoms with Crippen LogP contribution in [-0.4, -0.2) is 32.2 Å². The van der Waals surface area contributed by atoms with Crippen LogP contribution in [0.3, 0.4) is 0 Å². The van der Waals surface area contributed by atoms with Crippen LogP contribution >= 0.6 is 29.8 Å². The van der Waals surface area contributed by atoms with Crippen LogP contribution in [-0.2, 0) is 16.3 Å². The van der Waals surface area contributed by atoms with Gasteiger partial charge in [-0.1, -0.05) is 23.2 Å². The zero-order valence-electron chi connectivity index (χ0n) is 15.4. The smallest absolute Gasteiger partial charge is 0.312 e. The van der Waals surface area contributed by atoms with Crippen molar-refractivity contribution in [1.29, 1.82) is 0 Å². The van der Waals surface area contributed by atoms with Crippen LogP contribution in [0.5, 0.6) is 5.75 Å². The first kappa shape index (κ1) is 23.2. The fraction of sp³-hybridized carbons (Fsp3) is 0.353. The molecule has 0 aliphatic rings. The first-order chi connectivity index (χ1) is 12.2. The largest absolute Gasteiger partial charge is 0.431 e. The number of hydrogen-bond donors (Lipinski definition) is 1. The minimum atomic E-state index is -2.56. The standard InChI is InChI=1S/C10H14Cl2NO2PS.C7H10N2/c1-7(2)13-16(17,14-3)15-10-5-4-8(11)6-9(10)12;1-9(2)7-3-5-8-6-4-7/h4-7H,1-3H3,(H,13,17);3-6H,1-2H3. The van der Waals surface area contributed by atoms with E-state index in [9.17, 15) is 0 Å². The van der Waals surface area contributed by atoms with Crippen molar-refractivity contribution in [2.75, 3.05) is 26.1 Å². The number of nitrogens with zero attached hydrogens (tertiary/aromatic N) is 2. The highest BCUT2D eigenvalue weighted by Crippen LogP contribution is 2.46. The van der Waals surface area contributed by atoms with Crippen molar-refractivity contribution < 1.29 is 9.05 Å². The Morgan fingerprint density at radius 3 is 2.19 bits per heavy atom. The molecule has 2 rings (SSSR count). The van der Waals surface area contributed by atoms with Gasteiger partial charge in [0, 0.05) is 50.4 Å². The van der Waals surface area contributed by atoms with Gasteiger partial charge in [0.2, 0.25) is 0 Å². The molecular weight excluding hydrogens is 412 g/mol. The van der Waals surface area contributed by atoms with Crippen molar-refractivity contribution in [2.45, 2.75) is 19.9 Å². The molecular formula is C17H24Cl2N3O2PS. The Morgan fingerprint density at radius 2 is 1.77 bits per heavy atom. The molecule has 0 radical (unpaired) electrons. The van der Waals surface area contributed by atoms with Crippen LogP contribution in [0.25, 0.3) is 0 Å². The first-order valence-electron chi connectivity index (χ1n) is 7.82.